The lowest BCUT2D eigenvalue weighted by molar-refractivity contribution is -0.268. The number of hydrogen-bond acceptors (Lipinski definition) is 2. The van der Waals surface area contributed by atoms with Gasteiger partial charge >= 0.3 is 5.97 Å². The highest BCUT2D eigenvalue weighted by atomic mass is 16.4. The van der Waals surface area contributed by atoms with E-state index in [1.165, 1.54) is 12.1 Å². The van der Waals surface area contributed by atoms with E-state index < -0.39 is 11.7 Å². The molecule has 76 valence electrons. The molecule has 1 aromatic carbocycles. The van der Waals surface area contributed by atoms with Gasteiger partial charge in [-0.3, -0.25) is 0 Å². The number of rotatable bonds is 1. The van der Waals surface area contributed by atoms with Crippen LogP contribution >= 0.6 is 0 Å². The molecule has 0 aliphatic rings. The van der Waals surface area contributed by atoms with Crippen LogP contribution in [-0.4, -0.2) is 11.1 Å². The monoisotopic (exact) mass is 193 g/mol. The van der Waals surface area contributed by atoms with Crippen molar-refractivity contribution < 1.29 is 15.0 Å². The number of aromatic carboxylic acids is 1. The van der Waals surface area contributed by atoms with Gasteiger partial charge in [-0.2, -0.15) is 0 Å². The third kappa shape index (κ3) is 2.05. The van der Waals surface area contributed by atoms with E-state index in [0.29, 0.717) is 0 Å². The molecule has 0 aliphatic heterocycles. The van der Waals surface area contributed by atoms with Crippen LogP contribution in [0.2, 0.25) is 0 Å². The maximum atomic E-state index is 11.3. The summed E-state index contributed by atoms with van der Waals surface area (Å²) in [5.74, 6) is -1.60. The van der Waals surface area contributed by atoms with Crippen LogP contribution in [0.5, 0.6) is 5.75 Å². The van der Waals surface area contributed by atoms with Crippen LogP contribution in [0.25, 0.3) is 0 Å². The van der Waals surface area contributed by atoms with Gasteiger partial charge in [-0.1, -0.05) is 38.7 Å². The van der Waals surface area contributed by atoms with E-state index in [0.717, 1.165) is 5.56 Å². The van der Waals surface area contributed by atoms with Crippen molar-refractivity contribution in [3.05, 3.63) is 29.3 Å². The number of hydrogen-bond donors (Lipinski definition) is 1. The highest BCUT2D eigenvalue weighted by Crippen LogP contribution is 2.26. The first-order chi connectivity index (χ1) is 6.32. The van der Waals surface area contributed by atoms with Gasteiger partial charge in [0.15, 0.2) is 0 Å². The third-order valence-electron chi connectivity index (χ3n) is 2.08. The maximum absolute atomic E-state index is 11.3. The molecule has 0 saturated heterocycles. The molecule has 1 rings (SSSR count). The Bertz CT molecular complexity index is 361. The molecule has 0 amide bonds. The van der Waals surface area contributed by atoms with Gasteiger partial charge in [0.05, 0.1) is 5.56 Å². The Morgan fingerprint density at radius 2 is 1.93 bits per heavy atom. The average molecular weight is 193 g/mol. The fraction of sp³-hybridized carbons (Fsp3) is 0.364. The first-order valence-electron chi connectivity index (χ1n) is 4.37. The second-order valence-electron chi connectivity index (χ2n) is 4.27. The summed E-state index contributed by atoms with van der Waals surface area (Å²) in [7, 11) is 0. The van der Waals surface area contributed by atoms with E-state index in [9.17, 15) is 9.90 Å². The van der Waals surface area contributed by atoms with Crippen LogP contribution in [-0.2, 0) is 5.41 Å². The van der Waals surface area contributed by atoms with E-state index in [1.54, 1.807) is 6.07 Å². The number of carboxylic acids is 1. The summed E-state index contributed by atoms with van der Waals surface area (Å²) < 4.78 is 0. The lowest BCUT2D eigenvalue weighted by Crippen LogP contribution is -2.13. The largest absolute Gasteiger partial charge is 0.872 e. The van der Waals surface area contributed by atoms with Crippen molar-refractivity contribution in [2.45, 2.75) is 26.2 Å². The van der Waals surface area contributed by atoms with Crippen LogP contribution in [0.1, 0.15) is 36.7 Å². The van der Waals surface area contributed by atoms with Gasteiger partial charge in [0.2, 0.25) is 0 Å². The highest BCUT2D eigenvalue weighted by molar-refractivity contribution is 5.90. The zero-order chi connectivity index (χ0) is 10.9. The van der Waals surface area contributed by atoms with Crippen molar-refractivity contribution >= 4 is 5.97 Å². The van der Waals surface area contributed by atoms with Crippen LogP contribution < -0.4 is 5.11 Å². The SMILES string of the molecule is CC(C)(C)c1ccc(C(=O)O)c([O-])c1. The Balaban J connectivity index is 3.20. The standard InChI is InChI=1S/C11H14O3/c1-11(2,3)7-4-5-8(10(13)14)9(12)6-7/h4-6,12H,1-3H3,(H,13,14)/p-1. The Labute approximate surface area is 83.0 Å². The minimum atomic E-state index is -1.17. The van der Waals surface area contributed by atoms with Gasteiger partial charge < -0.3 is 10.2 Å². The molecule has 0 heterocycles. The Hall–Kier alpha value is -1.51. The second-order valence-corrected chi connectivity index (χ2v) is 4.27. The first kappa shape index (κ1) is 10.6. The summed E-state index contributed by atoms with van der Waals surface area (Å²) in [6.07, 6.45) is 0. The third-order valence-corrected chi connectivity index (χ3v) is 2.08. The molecule has 0 saturated carbocycles. The van der Waals surface area contributed by atoms with Crippen molar-refractivity contribution in [2.24, 2.45) is 0 Å². The highest BCUT2D eigenvalue weighted by Gasteiger charge is 2.14. The van der Waals surface area contributed by atoms with Gasteiger partial charge in [-0.25, -0.2) is 4.79 Å². The molecule has 0 radical (unpaired) electrons. The average Bonchev–Trinajstić information content (AvgIpc) is 2.01. The van der Waals surface area contributed by atoms with Crippen molar-refractivity contribution in [3.8, 4) is 5.75 Å². The molecule has 14 heavy (non-hydrogen) atoms. The quantitative estimate of drug-likeness (QED) is 0.739. The van der Waals surface area contributed by atoms with Crippen LogP contribution in [0.15, 0.2) is 18.2 Å². The second kappa shape index (κ2) is 3.33. The van der Waals surface area contributed by atoms with Crippen molar-refractivity contribution in [2.75, 3.05) is 0 Å². The van der Waals surface area contributed by atoms with Gasteiger partial charge in [0.1, 0.15) is 0 Å². The summed E-state index contributed by atoms with van der Waals surface area (Å²) in [6, 6.07) is 4.44. The van der Waals surface area contributed by atoms with E-state index in [2.05, 4.69) is 0 Å². The zero-order valence-corrected chi connectivity index (χ0v) is 8.50. The Morgan fingerprint density at radius 1 is 1.36 bits per heavy atom. The molecule has 1 aromatic rings. The molecule has 3 nitrogen and oxygen atoms in total. The fourth-order valence-electron chi connectivity index (χ4n) is 1.17. The predicted octanol–water partition coefficient (Wildman–Crippen LogP) is 1.76. The van der Waals surface area contributed by atoms with E-state index >= 15 is 0 Å². The van der Waals surface area contributed by atoms with Crippen molar-refractivity contribution in [1.29, 1.82) is 0 Å². The predicted molar refractivity (Wildman–Crippen MR) is 51.5 cm³/mol. The first-order valence-corrected chi connectivity index (χ1v) is 4.37. The smallest absolute Gasteiger partial charge is 0.335 e. The summed E-state index contributed by atoms with van der Waals surface area (Å²) in [5, 5.41) is 20.0. The lowest BCUT2D eigenvalue weighted by Gasteiger charge is -2.22. The maximum Gasteiger partial charge on any atom is 0.335 e. The molecule has 0 spiro atoms. The molecule has 1 N–H and O–H groups in total. The van der Waals surface area contributed by atoms with E-state index in [1.807, 2.05) is 20.8 Å². The molecule has 0 aliphatic carbocycles. The van der Waals surface area contributed by atoms with Gasteiger partial charge in [0, 0.05) is 0 Å². The minimum Gasteiger partial charge on any atom is -0.872 e. The fourth-order valence-corrected chi connectivity index (χ4v) is 1.17. The van der Waals surface area contributed by atoms with Gasteiger partial charge in [-0.05, 0) is 17.0 Å². The molecular weight excluding hydrogens is 180 g/mol. The van der Waals surface area contributed by atoms with E-state index in [-0.39, 0.29) is 11.0 Å². The van der Waals surface area contributed by atoms with Crippen molar-refractivity contribution in [1.82, 2.24) is 0 Å². The molecular formula is C11H13O3-. The lowest BCUT2D eigenvalue weighted by atomic mass is 9.86. The van der Waals surface area contributed by atoms with Crippen LogP contribution in [0.4, 0.5) is 0 Å². The van der Waals surface area contributed by atoms with E-state index in [4.69, 9.17) is 5.11 Å². The minimum absolute atomic E-state index is 0.129. The summed E-state index contributed by atoms with van der Waals surface area (Å²) in [5.41, 5.74) is 0.557. The topological polar surface area (TPSA) is 60.4 Å². The van der Waals surface area contributed by atoms with Crippen molar-refractivity contribution in [3.63, 3.8) is 0 Å². The number of carboxylic acid groups (broad SMARTS) is 1. The molecule has 0 fully saturated rings. The van der Waals surface area contributed by atoms with Gasteiger partial charge in [-0.15, -0.1) is 0 Å². The molecule has 0 unspecified atom stereocenters. The molecule has 0 aromatic heterocycles. The zero-order valence-electron chi connectivity index (χ0n) is 8.50. The normalized spacial score (nSPS) is 11.4. The number of benzene rings is 1. The van der Waals surface area contributed by atoms with Crippen LogP contribution in [0.3, 0.4) is 0 Å². The van der Waals surface area contributed by atoms with Crippen LogP contribution in [0, 0.1) is 0 Å². The number of carbonyl (C=O) groups is 1. The Morgan fingerprint density at radius 3 is 2.29 bits per heavy atom. The summed E-state index contributed by atoms with van der Waals surface area (Å²) in [6.45, 7) is 5.92. The molecule has 0 bridgehead atoms. The Kier molecular flexibility index (Phi) is 2.51. The summed E-state index contributed by atoms with van der Waals surface area (Å²) >= 11 is 0. The van der Waals surface area contributed by atoms with Gasteiger partial charge in [0.25, 0.3) is 0 Å². The molecule has 3 heteroatoms. The molecule has 0 atom stereocenters. The summed E-state index contributed by atoms with van der Waals surface area (Å²) in [4.78, 5) is 10.6.